The molecule has 1 fully saturated rings. The smallest absolute Gasteiger partial charge is 0.256 e. The molecule has 1 aromatic carbocycles. The normalized spacial score (nSPS) is 18.5. The summed E-state index contributed by atoms with van der Waals surface area (Å²) in [5.41, 5.74) is 0.110. The van der Waals surface area contributed by atoms with Crippen LogP contribution in [0.3, 0.4) is 0 Å². The summed E-state index contributed by atoms with van der Waals surface area (Å²) in [6, 6.07) is 1.91. The zero-order valence-electron chi connectivity index (χ0n) is 21.6. The third-order valence-corrected chi connectivity index (χ3v) is 6.91. The van der Waals surface area contributed by atoms with E-state index in [0.717, 1.165) is 12.3 Å². The average Bonchev–Trinajstić information content (AvgIpc) is 3.39. The van der Waals surface area contributed by atoms with Crippen molar-refractivity contribution in [2.45, 2.75) is 38.5 Å². The number of methoxy groups -OCH3 is 2. The van der Waals surface area contributed by atoms with E-state index in [1.807, 2.05) is 4.90 Å². The quantitative estimate of drug-likeness (QED) is 0.313. The van der Waals surface area contributed by atoms with Crippen LogP contribution in [-0.4, -0.2) is 88.1 Å². The number of aryl methyl sites for hydroxylation is 1. The van der Waals surface area contributed by atoms with Crippen molar-refractivity contribution < 1.29 is 31.4 Å². The van der Waals surface area contributed by atoms with Crippen molar-refractivity contribution in [3.8, 4) is 17.0 Å². The second-order valence-corrected chi connectivity index (χ2v) is 9.43. The Morgan fingerprint density at radius 3 is 2.64 bits per heavy atom. The van der Waals surface area contributed by atoms with Crippen molar-refractivity contribution in [2.75, 3.05) is 45.8 Å². The highest BCUT2D eigenvalue weighted by molar-refractivity contribution is 5.90. The number of aromatic nitrogens is 5. The lowest BCUT2D eigenvalue weighted by molar-refractivity contribution is 0.0918. The number of ether oxygens (including phenoxy) is 2. The molecule has 3 aromatic heterocycles. The third-order valence-electron chi connectivity index (χ3n) is 6.91. The molecule has 2 atom stereocenters. The van der Waals surface area contributed by atoms with Gasteiger partial charge in [0.1, 0.15) is 23.0 Å². The molecule has 5 rings (SSSR count). The molecule has 9 nitrogen and oxygen atoms in total. The largest absolute Gasteiger partial charge is 0.479 e. The van der Waals surface area contributed by atoms with E-state index in [4.69, 9.17) is 9.47 Å². The van der Waals surface area contributed by atoms with E-state index in [0.29, 0.717) is 26.1 Å². The van der Waals surface area contributed by atoms with E-state index in [-0.39, 0.29) is 51.9 Å². The van der Waals surface area contributed by atoms with Crippen LogP contribution in [0.1, 0.15) is 12.2 Å². The zero-order valence-corrected chi connectivity index (χ0v) is 21.6. The van der Waals surface area contributed by atoms with Crippen molar-refractivity contribution >= 4 is 22.5 Å². The first-order valence-electron chi connectivity index (χ1n) is 12.4. The molecular weight excluding hydrogens is 525 g/mol. The summed E-state index contributed by atoms with van der Waals surface area (Å²) in [6.07, 6.45) is -2.33. The van der Waals surface area contributed by atoms with Crippen LogP contribution in [0.4, 0.5) is 27.9 Å². The molecule has 0 unspecified atom stereocenters. The molecular formula is C25H28F5N7O2. The number of benzene rings is 1. The van der Waals surface area contributed by atoms with Gasteiger partial charge in [-0.2, -0.15) is 4.98 Å². The van der Waals surface area contributed by atoms with Crippen LogP contribution in [0.2, 0.25) is 0 Å². The second kappa shape index (κ2) is 10.9. The van der Waals surface area contributed by atoms with E-state index in [1.54, 1.807) is 7.11 Å². The molecule has 1 aliphatic heterocycles. The van der Waals surface area contributed by atoms with Crippen LogP contribution in [0.5, 0.6) is 5.88 Å². The number of fused-ring (bicyclic) bond motifs is 2. The predicted molar refractivity (Wildman–Crippen MR) is 134 cm³/mol. The molecule has 1 aliphatic rings. The van der Waals surface area contributed by atoms with E-state index in [1.165, 1.54) is 29.2 Å². The average molecular weight is 554 g/mol. The van der Waals surface area contributed by atoms with Gasteiger partial charge in [-0.3, -0.25) is 4.90 Å². The Kier molecular flexibility index (Phi) is 7.58. The minimum Gasteiger partial charge on any atom is -0.479 e. The molecule has 4 aromatic rings. The second-order valence-electron chi connectivity index (χ2n) is 9.43. The lowest BCUT2D eigenvalue weighted by Gasteiger charge is -2.34. The van der Waals surface area contributed by atoms with E-state index < -0.39 is 36.8 Å². The Balaban J connectivity index is 1.51. The Morgan fingerprint density at radius 1 is 1.15 bits per heavy atom. The molecule has 0 saturated carbocycles. The Bertz CT molecular complexity index is 1490. The lowest BCUT2D eigenvalue weighted by Crippen LogP contribution is -2.48. The maximum absolute atomic E-state index is 15.3. The minimum atomic E-state index is -2.69. The fraction of sp³-hybridized carbons (Fsp3) is 0.480. The summed E-state index contributed by atoms with van der Waals surface area (Å²) in [6.45, 7) is 2.81. The molecule has 0 bridgehead atoms. The number of hydrogen-bond donors (Lipinski definition) is 1. The van der Waals surface area contributed by atoms with Crippen LogP contribution in [0, 0.1) is 18.6 Å². The highest BCUT2D eigenvalue weighted by Crippen LogP contribution is 2.37. The Labute approximate surface area is 220 Å². The predicted octanol–water partition coefficient (Wildman–Crippen LogP) is 4.08. The number of piperidine rings is 1. The Hall–Kier alpha value is -3.52. The van der Waals surface area contributed by atoms with E-state index >= 15 is 8.78 Å². The molecule has 0 radical (unpaired) electrons. The third kappa shape index (κ3) is 5.22. The van der Waals surface area contributed by atoms with Crippen LogP contribution in [0.25, 0.3) is 27.7 Å². The highest BCUT2D eigenvalue weighted by Gasteiger charge is 2.30. The van der Waals surface area contributed by atoms with Gasteiger partial charge in [-0.15, -0.1) is 5.10 Å². The summed E-state index contributed by atoms with van der Waals surface area (Å²) >= 11 is 0. The van der Waals surface area contributed by atoms with Crippen molar-refractivity contribution in [3.05, 3.63) is 35.8 Å². The molecule has 0 amide bonds. The fourth-order valence-corrected chi connectivity index (χ4v) is 5.03. The number of nitrogens with one attached hydrogen (secondary N) is 1. The van der Waals surface area contributed by atoms with Gasteiger partial charge in [-0.25, -0.2) is 31.5 Å². The van der Waals surface area contributed by atoms with Gasteiger partial charge in [0, 0.05) is 26.7 Å². The molecule has 210 valence electrons. The first-order chi connectivity index (χ1) is 18.7. The first kappa shape index (κ1) is 27.1. The first-order valence-corrected chi connectivity index (χ1v) is 12.4. The molecule has 39 heavy (non-hydrogen) atoms. The maximum Gasteiger partial charge on any atom is 0.256 e. The van der Waals surface area contributed by atoms with E-state index in [2.05, 4.69) is 20.4 Å². The molecule has 1 N–H and O–H groups in total. The molecule has 4 heterocycles. The monoisotopic (exact) mass is 553 g/mol. The van der Waals surface area contributed by atoms with Crippen LogP contribution in [-0.2, 0) is 11.3 Å². The van der Waals surface area contributed by atoms with Gasteiger partial charge in [-0.05, 0) is 31.0 Å². The van der Waals surface area contributed by atoms with Gasteiger partial charge >= 0.3 is 0 Å². The zero-order chi connectivity index (χ0) is 27.8. The van der Waals surface area contributed by atoms with Crippen LogP contribution >= 0.6 is 0 Å². The Morgan fingerprint density at radius 2 is 1.95 bits per heavy atom. The van der Waals surface area contributed by atoms with E-state index in [9.17, 15) is 13.2 Å². The SMILES string of the molecule is COCCN1CC[C@@H](Nc2nc(OC)c3c(-c4cc(F)c5nc(C)n(CC(F)F)c5c4)c(F)cn3n2)[C@@H](F)C1. The number of hydrogen-bond acceptors (Lipinski definition) is 7. The topological polar surface area (TPSA) is 81.7 Å². The lowest BCUT2D eigenvalue weighted by atomic mass is 10.0. The molecule has 0 spiro atoms. The van der Waals surface area contributed by atoms with Crippen LogP contribution < -0.4 is 10.1 Å². The van der Waals surface area contributed by atoms with Gasteiger partial charge < -0.3 is 19.4 Å². The van der Waals surface area contributed by atoms with Crippen LogP contribution in [0.15, 0.2) is 18.3 Å². The number of alkyl halides is 3. The number of imidazole rings is 1. The van der Waals surface area contributed by atoms with Gasteiger partial charge in [0.05, 0.1) is 43.6 Å². The summed E-state index contributed by atoms with van der Waals surface area (Å²) in [4.78, 5) is 10.3. The maximum atomic E-state index is 15.3. The number of halogens is 5. The van der Waals surface area contributed by atoms with Gasteiger partial charge in [-0.1, -0.05) is 0 Å². The number of likely N-dealkylation sites (tertiary alicyclic amines) is 1. The summed E-state index contributed by atoms with van der Waals surface area (Å²) < 4.78 is 84.5. The van der Waals surface area contributed by atoms with Gasteiger partial charge in [0.25, 0.3) is 6.43 Å². The summed E-state index contributed by atoms with van der Waals surface area (Å²) in [5, 5.41) is 7.28. The molecule has 14 heteroatoms. The summed E-state index contributed by atoms with van der Waals surface area (Å²) in [7, 11) is 2.92. The number of rotatable bonds is 9. The number of nitrogens with zero attached hydrogens (tertiary/aromatic N) is 6. The highest BCUT2D eigenvalue weighted by atomic mass is 19.3. The minimum absolute atomic E-state index is 0.0305. The van der Waals surface area contributed by atoms with Gasteiger partial charge in [0.2, 0.25) is 11.8 Å². The number of anilines is 1. The fourth-order valence-electron chi connectivity index (χ4n) is 5.03. The van der Waals surface area contributed by atoms with Crippen molar-refractivity contribution in [2.24, 2.45) is 0 Å². The van der Waals surface area contributed by atoms with Gasteiger partial charge in [0.15, 0.2) is 11.6 Å². The summed E-state index contributed by atoms with van der Waals surface area (Å²) in [5.74, 6) is -1.34. The molecule has 0 aliphatic carbocycles. The van der Waals surface area contributed by atoms with Crippen molar-refractivity contribution in [1.29, 1.82) is 0 Å². The standard InChI is InChI=1S/C25H28F5N7O2/c1-13-31-22-15(26)8-14(9-19(22)36(13)12-20(29)30)21-17(28)11-37-23(21)24(39-3)33-25(34-37)32-18-4-5-35(6-7-38-2)10-16(18)27/h8-9,11,16,18,20H,4-7,10,12H2,1-3H3,(H,32,34)/t16-,18+/m0/s1. The molecule has 1 saturated heterocycles. The van der Waals surface area contributed by atoms with Crippen molar-refractivity contribution in [3.63, 3.8) is 0 Å². The van der Waals surface area contributed by atoms with Crippen molar-refractivity contribution in [1.82, 2.24) is 29.0 Å².